The molecule has 1 aromatic rings. The molecule has 3 rings (SSSR count). The molecule has 0 saturated carbocycles. The van der Waals surface area contributed by atoms with Crippen molar-refractivity contribution in [3.05, 3.63) is 35.4 Å². The van der Waals surface area contributed by atoms with Crippen LogP contribution in [-0.4, -0.2) is 61.0 Å². The summed E-state index contributed by atoms with van der Waals surface area (Å²) in [5, 5.41) is 0. The Bertz CT molecular complexity index is 554. The largest absolute Gasteiger partial charge is 0.331 e. The van der Waals surface area contributed by atoms with Crippen LogP contribution in [0.3, 0.4) is 0 Å². The van der Waals surface area contributed by atoms with Gasteiger partial charge in [0.25, 0.3) is 0 Å². The SMILES string of the molecule is Cc1ccc(CN2CCC3(CCCN(C(=O)N(C)C)C3)C2)cc1. The molecule has 0 N–H and O–H groups in total. The highest BCUT2D eigenvalue weighted by atomic mass is 16.2. The molecule has 2 amide bonds. The van der Waals surface area contributed by atoms with E-state index in [-0.39, 0.29) is 6.03 Å². The van der Waals surface area contributed by atoms with Crippen LogP contribution in [-0.2, 0) is 6.54 Å². The molecule has 2 heterocycles. The summed E-state index contributed by atoms with van der Waals surface area (Å²) in [6.45, 7) is 7.28. The van der Waals surface area contributed by atoms with Gasteiger partial charge in [-0.1, -0.05) is 29.8 Å². The number of aryl methyl sites for hydroxylation is 1. The van der Waals surface area contributed by atoms with E-state index < -0.39 is 0 Å². The summed E-state index contributed by atoms with van der Waals surface area (Å²) < 4.78 is 0. The average Bonchev–Trinajstić information content (AvgIpc) is 2.91. The van der Waals surface area contributed by atoms with Crippen LogP contribution in [0.4, 0.5) is 4.79 Å². The van der Waals surface area contributed by atoms with E-state index in [1.165, 1.54) is 24.0 Å². The highest BCUT2D eigenvalue weighted by molar-refractivity contribution is 5.74. The zero-order valence-electron chi connectivity index (χ0n) is 14.7. The van der Waals surface area contributed by atoms with Gasteiger partial charge >= 0.3 is 6.03 Å². The summed E-state index contributed by atoms with van der Waals surface area (Å²) in [4.78, 5) is 18.6. The highest BCUT2D eigenvalue weighted by Crippen LogP contribution is 2.39. The monoisotopic (exact) mass is 315 g/mol. The van der Waals surface area contributed by atoms with E-state index in [1.54, 1.807) is 4.90 Å². The molecule has 126 valence electrons. The van der Waals surface area contributed by atoms with Gasteiger partial charge in [-0.25, -0.2) is 4.79 Å². The Balaban J connectivity index is 1.61. The first-order valence-corrected chi connectivity index (χ1v) is 8.72. The van der Waals surface area contributed by atoms with E-state index >= 15 is 0 Å². The van der Waals surface area contributed by atoms with Crippen molar-refractivity contribution in [1.82, 2.24) is 14.7 Å². The van der Waals surface area contributed by atoms with Gasteiger partial charge in [0.1, 0.15) is 0 Å². The minimum Gasteiger partial charge on any atom is -0.331 e. The maximum Gasteiger partial charge on any atom is 0.319 e. The van der Waals surface area contributed by atoms with Gasteiger partial charge in [0.05, 0.1) is 0 Å². The molecule has 2 aliphatic heterocycles. The quantitative estimate of drug-likeness (QED) is 0.839. The molecule has 1 spiro atoms. The molecular formula is C19H29N3O. The van der Waals surface area contributed by atoms with Crippen molar-refractivity contribution in [1.29, 1.82) is 0 Å². The molecule has 0 aromatic heterocycles. The summed E-state index contributed by atoms with van der Waals surface area (Å²) in [5.74, 6) is 0. The lowest BCUT2D eigenvalue weighted by Gasteiger charge is -2.41. The third-order valence-electron chi connectivity index (χ3n) is 5.36. The Hall–Kier alpha value is -1.55. The topological polar surface area (TPSA) is 26.8 Å². The number of amides is 2. The number of piperidine rings is 1. The van der Waals surface area contributed by atoms with Crippen molar-refractivity contribution in [3.8, 4) is 0 Å². The van der Waals surface area contributed by atoms with Gasteiger partial charge in [0.2, 0.25) is 0 Å². The van der Waals surface area contributed by atoms with E-state index in [4.69, 9.17) is 0 Å². The van der Waals surface area contributed by atoms with Gasteiger partial charge in [0, 0.05) is 45.7 Å². The highest BCUT2D eigenvalue weighted by Gasteiger charge is 2.42. The molecule has 0 radical (unpaired) electrons. The summed E-state index contributed by atoms with van der Waals surface area (Å²) in [6.07, 6.45) is 3.61. The smallest absolute Gasteiger partial charge is 0.319 e. The minimum absolute atomic E-state index is 0.168. The summed E-state index contributed by atoms with van der Waals surface area (Å²) in [6, 6.07) is 9.03. The third-order valence-corrected chi connectivity index (χ3v) is 5.36. The molecule has 1 aromatic carbocycles. The Labute approximate surface area is 140 Å². The van der Waals surface area contributed by atoms with Crippen molar-refractivity contribution >= 4 is 6.03 Å². The second-order valence-corrected chi connectivity index (χ2v) is 7.65. The maximum absolute atomic E-state index is 12.3. The van der Waals surface area contributed by atoms with E-state index in [0.717, 1.165) is 39.1 Å². The number of nitrogens with zero attached hydrogens (tertiary/aromatic N) is 3. The van der Waals surface area contributed by atoms with Crippen molar-refractivity contribution in [2.45, 2.75) is 32.7 Å². The number of hydrogen-bond acceptors (Lipinski definition) is 2. The maximum atomic E-state index is 12.3. The first kappa shape index (κ1) is 16.3. The fraction of sp³-hybridized carbons (Fsp3) is 0.632. The Morgan fingerprint density at radius 2 is 1.87 bits per heavy atom. The number of carbonyl (C=O) groups excluding carboxylic acids is 1. The van der Waals surface area contributed by atoms with Crippen LogP contribution in [0.5, 0.6) is 0 Å². The van der Waals surface area contributed by atoms with Gasteiger partial charge < -0.3 is 9.80 Å². The molecule has 0 bridgehead atoms. The van der Waals surface area contributed by atoms with E-state index in [2.05, 4.69) is 41.0 Å². The van der Waals surface area contributed by atoms with Crippen LogP contribution < -0.4 is 0 Å². The van der Waals surface area contributed by atoms with E-state index in [9.17, 15) is 4.79 Å². The summed E-state index contributed by atoms with van der Waals surface area (Å²) in [7, 11) is 3.70. The molecule has 4 nitrogen and oxygen atoms in total. The van der Waals surface area contributed by atoms with Crippen molar-refractivity contribution in [3.63, 3.8) is 0 Å². The van der Waals surface area contributed by atoms with Crippen molar-refractivity contribution < 1.29 is 4.79 Å². The molecule has 2 aliphatic rings. The average molecular weight is 315 g/mol. The standard InChI is InChI=1S/C19H29N3O/c1-16-5-7-17(8-6-16)13-21-12-10-19(14-21)9-4-11-22(15-19)18(23)20(2)3/h5-8H,4,9-15H2,1-3H3. The fourth-order valence-electron chi connectivity index (χ4n) is 4.10. The second-order valence-electron chi connectivity index (χ2n) is 7.65. The van der Waals surface area contributed by atoms with Crippen LogP contribution in [0.15, 0.2) is 24.3 Å². The number of benzene rings is 1. The number of likely N-dealkylation sites (tertiary alicyclic amines) is 2. The number of rotatable bonds is 2. The van der Waals surface area contributed by atoms with Crippen LogP contribution in [0.1, 0.15) is 30.4 Å². The van der Waals surface area contributed by atoms with Gasteiger partial charge in [0.15, 0.2) is 0 Å². The van der Waals surface area contributed by atoms with Crippen molar-refractivity contribution in [2.75, 3.05) is 40.3 Å². The lowest BCUT2D eigenvalue weighted by Crippen LogP contribution is -2.50. The molecule has 1 unspecified atom stereocenters. The molecule has 4 heteroatoms. The summed E-state index contributed by atoms with van der Waals surface area (Å²) >= 11 is 0. The van der Waals surface area contributed by atoms with Gasteiger partial charge in [-0.15, -0.1) is 0 Å². The molecule has 1 atom stereocenters. The molecule has 2 fully saturated rings. The minimum atomic E-state index is 0.168. The van der Waals surface area contributed by atoms with Crippen LogP contribution >= 0.6 is 0 Å². The van der Waals surface area contributed by atoms with Crippen LogP contribution in [0.2, 0.25) is 0 Å². The van der Waals surface area contributed by atoms with Crippen LogP contribution in [0.25, 0.3) is 0 Å². The predicted octanol–water partition coefficient (Wildman–Crippen LogP) is 2.96. The van der Waals surface area contributed by atoms with Gasteiger partial charge in [-0.05, 0) is 38.3 Å². The zero-order chi connectivity index (χ0) is 16.4. The normalized spacial score (nSPS) is 25.1. The Morgan fingerprint density at radius 1 is 1.13 bits per heavy atom. The number of urea groups is 1. The first-order chi connectivity index (χ1) is 11.0. The third kappa shape index (κ3) is 3.69. The predicted molar refractivity (Wildman–Crippen MR) is 93.4 cm³/mol. The fourth-order valence-corrected chi connectivity index (χ4v) is 4.10. The number of hydrogen-bond donors (Lipinski definition) is 0. The summed E-state index contributed by atoms with van der Waals surface area (Å²) in [5.41, 5.74) is 3.02. The molecule has 23 heavy (non-hydrogen) atoms. The Morgan fingerprint density at radius 3 is 2.57 bits per heavy atom. The second kappa shape index (κ2) is 6.52. The van der Waals surface area contributed by atoms with Crippen LogP contribution in [0, 0.1) is 12.3 Å². The van der Waals surface area contributed by atoms with Gasteiger partial charge in [-0.3, -0.25) is 4.90 Å². The molecule has 0 aliphatic carbocycles. The van der Waals surface area contributed by atoms with E-state index in [0.29, 0.717) is 5.41 Å². The first-order valence-electron chi connectivity index (χ1n) is 8.72. The zero-order valence-corrected chi connectivity index (χ0v) is 14.7. The lowest BCUT2D eigenvalue weighted by atomic mass is 9.79. The number of carbonyl (C=O) groups is 1. The molecule has 2 saturated heterocycles. The lowest BCUT2D eigenvalue weighted by molar-refractivity contribution is 0.0946. The molecular weight excluding hydrogens is 286 g/mol. The van der Waals surface area contributed by atoms with Crippen molar-refractivity contribution in [2.24, 2.45) is 5.41 Å². The Kier molecular flexibility index (Phi) is 4.62. The van der Waals surface area contributed by atoms with Gasteiger partial charge in [-0.2, -0.15) is 0 Å². The van der Waals surface area contributed by atoms with E-state index in [1.807, 2.05) is 14.1 Å².